The van der Waals surface area contributed by atoms with E-state index in [1.165, 1.54) is 0 Å². The van der Waals surface area contributed by atoms with Crippen LogP contribution in [0.5, 0.6) is 0 Å². The van der Waals surface area contributed by atoms with Gasteiger partial charge in [0.2, 0.25) is 5.91 Å². The smallest absolute Gasteiger partial charge is 0.252 e. The van der Waals surface area contributed by atoms with Crippen molar-refractivity contribution in [3.8, 4) is 0 Å². The molecule has 0 unspecified atom stereocenters. The Morgan fingerprint density at radius 3 is 2.79 bits per heavy atom. The van der Waals surface area contributed by atoms with Gasteiger partial charge >= 0.3 is 0 Å². The molecule has 0 atom stereocenters. The molecule has 126 valence electrons. The second-order valence-corrected chi connectivity index (χ2v) is 7.27. The van der Waals surface area contributed by atoms with Gasteiger partial charge in [-0.05, 0) is 25.0 Å². The van der Waals surface area contributed by atoms with Crippen molar-refractivity contribution in [3.05, 3.63) is 46.4 Å². The summed E-state index contributed by atoms with van der Waals surface area (Å²) in [5.74, 6) is 0.512. The summed E-state index contributed by atoms with van der Waals surface area (Å²) in [7, 11) is 0. The van der Waals surface area contributed by atoms with E-state index in [-0.39, 0.29) is 18.4 Å². The summed E-state index contributed by atoms with van der Waals surface area (Å²) in [4.78, 5) is 31.4. The zero-order valence-corrected chi connectivity index (χ0v) is 14.9. The number of thioether (sulfide) groups is 1. The number of thiazole rings is 1. The Labute approximate surface area is 149 Å². The minimum Gasteiger partial charge on any atom is -0.343 e. The first kappa shape index (κ1) is 17.0. The molecule has 3 rings (SSSR count). The fourth-order valence-electron chi connectivity index (χ4n) is 2.57. The predicted molar refractivity (Wildman–Crippen MR) is 96.3 cm³/mol. The van der Waals surface area contributed by atoms with E-state index in [0.717, 1.165) is 42.3 Å². The zero-order valence-electron chi connectivity index (χ0n) is 13.2. The lowest BCUT2D eigenvalue weighted by Gasteiger charge is -2.16. The van der Waals surface area contributed by atoms with E-state index in [1.54, 1.807) is 34.7 Å². The van der Waals surface area contributed by atoms with E-state index in [9.17, 15) is 9.59 Å². The number of nitrogens with one attached hydrogen (secondary N) is 1. The molecule has 7 heteroatoms. The third kappa shape index (κ3) is 4.36. The highest BCUT2D eigenvalue weighted by Crippen LogP contribution is 2.26. The number of carbonyl (C=O) groups excluding carboxylic acids is 2. The van der Waals surface area contributed by atoms with Crippen LogP contribution >= 0.6 is 23.1 Å². The molecular formula is C17H19N3O2S2. The highest BCUT2D eigenvalue weighted by atomic mass is 32.2. The fourth-order valence-corrected chi connectivity index (χ4v) is 4.19. The average Bonchev–Trinajstić information content (AvgIpc) is 3.31. The van der Waals surface area contributed by atoms with Gasteiger partial charge in [0.25, 0.3) is 5.91 Å². The second-order valence-electron chi connectivity index (χ2n) is 5.54. The van der Waals surface area contributed by atoms with Crippen molar-refractivity contribution in [2.45, 2.75) is 23.5 Å². The van der Waals surface area contributed by atoms with Crippen molar-refractivity contribution in [2.24, 2.45) is 0 Å². The SMILES string of the molecule is O=C(NCC(=O)N1CCCC1)c1ccccc1SCc1cscn1. The van der Waals surface area contributed by atoms with E-state index >= 15 is 0 Å². The number of hydrogen-bond acceptors (Lipinski definition) is 5. The fraction of sp³-hybridized carbons (Fsp3) is 0.353. The number of amides is 2. The van der Waals surface area contributed by atoms with Gasteiger partial charge in [-0.1, -0.05) is 12.1 Å². The summed E-state index contributed by atoms with van der Waals surface area (Å²) in [5.41, 5.74) is 3.41. The Morgan fingerprint density at radius 1 is 1.25 bits per heavy atom. The molecule has 1 aliphatic heterocycles. The van der Waals surface area contributed by atoms with Gasteiger partial charge in [0.15, 0.2) is 0 Å². The lowest BCUT2D eigenvalue weighted by molar-refractivity contribution is -0.129. The summed E-state index contributed by atoms with van der Waals surface area (Å²) in [6.45, 7) is 1.66. The number of carbonyl (C=O) groups is 2. The maximum absolute atomic E-state index is 12.4. The molecule has 0 radical (unpaired) electrons. The summed E-state index contributed by atoms with van der Waals surface area (Å²) in [6.07, 6.45) is 2.10. The first-order chi connectivity index (χ1) is 11.7. The maximum atomic E-state index is 12.4. The molecule has 1 aromatic carbocycles. The van der Waals surface area contributed by atoms with Gasteiger partial charge in [-0.3, -0.25) is 9.59 Å². The molecule has 0 aliphatic carbocycles. The number of rotatable bonds is 6. The van der Waals surface area contributed by atoms with E-state index in [2.05, 4.69) is 10.3 Å². The van der Waals surface area contributed by atoms with Gasteiger partial charge in [-0.2, -0.15) is 0 Å². The molecule has 1 aliphatic rings. The maximum Gasteiger partial charge on any atom is 0.252 e. The van der Waals surface area contributed by atoms with Crippen LogP contribution in [-0.4, -0.2) is 41.3 Å². The molecule has 1 aromatic heterocycles. The average molecular weight is 361 g/mol. The van der Waals surface area contributed by atoms with Gasteiger partial charge in [-0.25, -0.2) is 4.98 Å². The standard InChI is InChI=1S/C17H19N3O2S2/c21-16(20-7-3-4-8-20)9-18-17(22)14-5-1-2-6-15(14)24-11-13-10-23-12-19-13/h1-2,5-6,10,12H,3-4,7-9,11H2,(H,18,22). The molecule has 24 heavy (non-hydrogen) atoms. The van der Waals surface area contributed by atoms with Crippen LogP contribution in [0.3, 0.4) is 0 Å². The monoisotopic (exact) mass is 361 g/mol. The predicted octanol–water partition coefficient (Wildman–Crippen LogP) is 2.79. The summed E-state index contributed by atoms with van der Waals surface area (Å²) >= 11 is 3.14. The molecule has 2 heterocycles. The number of benzene rings is 1. The molecule has 0 saturated carbocycles. The lowest BCUT2D eigenvalue weighted by atomic mass is 10.2. The van der Waals surface area contributed by atoms with E-state index in [1.807, 2.05) is 28.5 Å². The summed E-state index contributed by atoms with van der Waals surface area (Å²) in [5, 5.41) is 4.76. The minimum absolute atomic E-state index is 0.00606. The summed E-state index contributed by atoms with van der Waals surface area (Å²) < 4.78 is 0. The number of aromatic nitrogens is 1. The molecule has 1 fully saturated rings. The van der Waals surface area contributed by atoms with E-state index in [4.69, 9.17) is 0 Å². The van der Waals surface area contributed by atoms with Crippen LogP contribution in [0.25, 0.3) is 0 Å². The van der Waals surface area contributed by atoms with Crippen molar-refractivity contribution < 1.29 is 9.59 Å². The first-order valence-electron chi connectivity index (χ1n) is 7.89. The van der Waals surface area contributed by atoms with Crippen LogP contribution in [0, 0.1) is 0 Å². The highest BCUT2D eigenvalue weighted by Gasteiger charge is 2.19. The van der Waals surface area contributed by atoms with Gasteiger partial charge in [0, 0.05) is 29.1 Å². The van der Waals surface area contributed by atoms with Gasteiger partial charge < -0.3 is 10.2 Å². The molecule has 5 nitrogen and oxygen atoms in total. The molecule has 0 bridgehead atoms. The second kappa shape index (κ2) is 8.30. The molecule has 2 amide bonds. The third-order valence-corrected chi connectivity index (χ3v) is 5.59. The first-order valence-corrected chi connectivity index (χ1v) is 9.82. The van der Waals surface area contributed by atoms with E-state index in [0.29, 0.717) is 5.56 Å². The van der Waals surface area contributed by atoms with Crippen molar-refractivity contribution in [1.29, 1.82) is 0 Å². The summed E-state index contributed by atoms with van der Waals surface area (Å²) in [6, 6.07) is 7.47. The molecular weight excluding hydrogens is 342 g/mol. The Morgan fingerprint density at radius 2 is 2.04 bits per heavy atom. The van der Waals surface area contributed by atoms with Crippen LogP contribution in [0.4, 0.5) is 0 Å². The largest absolute Gasteiger partial charge is 0.343 e. The van der Waals surface area contributed by atoms with Gasteiger partial charge in [-0.15, -0.1) is 23.1 Å². The number of likely N-dealkylation sites (tertiary alicyclic amines) is 1. The normalized spacial score (nSPS) is 13.9. The highest BCUT2D eigenvalue weighted by molar-refractivity contribution is 7.98. The molecule has 0 spiro atoms. The number of hydrogen-bond donors (Lipinski definition) is 1. The molecule has 2 aromatic rings. The Kier molecular flexibility index (Phi) is 5.87. The quantitative estimate of drug-likeness (QED) is 0.804. The zero-order chi connectivity index (χ0) is 16.8. The Bertz CT molecular complexity index is 698. The van der Waals surface area contributed by atoms with Crippen LogP contribution < -0.4 is 5.32 Å². The topological polar surface area (TPSA) is 62.3 Å². The van der Waals surface area contributed by atoms with E-state index < -0.39 is 0 Å². The lowest BCUT2D eigenvalue weighted by Crippen LogP contribution is -2.38. The molecule has 1 saturated heterocycles. The van der Waals surface area contributed by atoms with Crippen LogP contribution in [-0.2, 0) is 10.5 Å². The van der Waals surface area contributed by atoms with Crippen LogP contribution in [0.2, 0.25) is 0 Å². The van der Waals surface area contributed by atoms with Crippen molar-refractivity contribution in [3.63, 3.8) is 0 Å². The number of nitrogens with zero attached hydrogens (tertiary/aromatic N) is 2. The third-order valence-electron chi connectivity index (χ3n) is 3.85. The molecule has 1 N–H and O–H groups in total. The van der Waals surface area contributed by atoms with Crippen molar-refractivity contribution in [1.82, 2.24) is 15.2 Å². The van der Waals surface area contributed by atoms with Crippen LogP contribution in [0.15, 0.2) is 40.1 Å². The van der Waals surface area contributed by atoms with Crippen molar-refractivity contribution in [2.75, 3.05) is 19.6 Å². The van der Waals surface area contributed by atoms with Gasteiger partial charge in [0.1, 0.15) is 0 Å². The van der Waals surface area contributed by atoms with Crippen LogP contribution in [0.1, 0.15) is 28.9 Å². The van der Waals surface area contributed by atoms with Crippen molar-refractivity contribution >= 4 is 34.9 Å². The Hall–Kier alpha value is -1.86. The Balaban J connectivity index is 1.58. The van der Waals surface area contributed by atoms with Gasteiger partial charge in [0.05, 0.1) is 23.3 Å². The minimum atomic E-state index is -0.205.